The van der Waals surface area contributed by atoms with Crippen molar-refractivity contribution >= 4 is 17.6 Å². The summed E-state index contributed by atoms with van der Waals surface area (Å²) < 4.78 is 10.1. The van der Waals surface area contributed by atoms with Gasteiger partial charge in [-0.1, -0.05) is 26.3 Å². The first-order valence-electron chi connectivity index (χ1n) is 7.26. The Balaban J connectivity index is 2.56. The number of rotatable bonds is 8. The summed E-state index contributed by atoms with van der Waals surface area (Å²) in [5, 5.41) is 2.84. The van der Waals surface area contributed by atoms with Gasteiger partial charge in [0.1, 0.15) is 5.75 Å². The highest BCUT2D eigenvalue weighted by Gasteiger charge is 2.12. The number of benzene rings is 1. The molecule has 0 bridgehead atoms. The highest BCUT2D eigenvalue weighted by Crippen LogP contribution is 2.18. The van der Waals surface area contributed by atoms with Gasteiger partial charge in [-0.3, -0.25) is 4.79 Å². The number of carbonyl (C=O) groups excluding carboxylic acids is 2. The van der Waals surface area contributed by atoms with Crippen molar-refractivity contribution in [2.45, 2.75) is 33.6 Å². The van der Waals surface area contributed by atoms with Crippen LogP contribution in [-0.2, 0) is 14.3 Å². The van der Waals surface area contributed by atoms with Gasteiger partial charge >= 0.3 is 5.97 Å². The van der Waals surface area contributed by atoms with E-state index < -0.39 is 5.97 Å². The van der Waals surface area contributed by atoms with Crippen molar-refractivity contribution in [2.75, 3.05) is 18.5 Å². The molecular weight excluding hydrogens is 270 g/mol. The minimum absolute atomic E-state index is 0.0145. The van der Waals surface area contributed by atoms with Gasteiger partial charge in [0.2, 0.25) is 5.91 Å². The third-order valence-corrected chi connectivity index (χ3v) is 2.93. The van der Waals surface area contributed by atoms with Gasteiger partial charge in [-0.2, -0.15) is 0 Å². The van der Waals surface area contributed by atoms with E-state index in [9.17, 15) is 9.59 Å². The molecule has 1 amide bonds. The van der Waals surface area contributed by atoms with Gasteiger partial charge in [0, 0.05) is 17.7 Å². The number of nitrogens with one attached hydrogen (secondary N) is 1. The molecule has 0 aliphatic carbocycles. The molecule has 0 fully saturated rings. The van der Waals surface area contributed by atoms with Crippen LogP contribution in [0.15, 0.2) is 24.3 Å². The lowest BCUT2D eigenvalue weighted by Gasteiger charge is -2.12. The Morgan fingerprint density at radius 1 is 1.29 bits per heavy atom. The molecule has 21 heavy (non-hydrogen) atoms. The summed E-state index contributed by atoms with van der Waals surface area (Å²) in [5.41, 5.74) is 0.657. The van der Waals surface area contributed by atoms with Crippen LogP contribution in [0.2, 0.25) is 0 Å². The van der Waals surface area contributed by atoms with Crippen molar-refractivity contribution in [3.05, 3.63) is 24.3 Å². The van der Waals surface area contributed by atoms with E-state index in [2.05, 4.69) is 5.32 Å². The summed E-state index contributed by atoms with van der Waals surface area (Å²) in [6.45, 7) is 5.88. The van der Waals surface area contributed by atoms with E-state index in [1.807, 2.05) is 13.8 Å². The molecule has 0 heterocycles. The molecule has 1 aromatic rings. The van der Waals surface area contributed by atoms with Gasteiger partial charge in [-0.25, -0.2) is 4.79 Å². The van der Waals surface area contributed by atoms with Crippen molar-refractivity contribution < 1.29 is 19.1 Å². The predicted octanol–water partition coefficient (Wildman–Crippen LogP) is 3.00. The summed E-state index contributed by atoms with van der Waals surface area (Å²) in [7, 11) is 0. The maximum Gasteiger partial charge on any atom is 0.344 e. The van der Waals surface area contributed by atoms with E-state index in [0.717, 1.165) is 12.8 Å². The van der Waals surface area contributed by atoms with Crippen molar-refractivity contribution in [1.82, 2.24) is 0 Å². The lowest BCUT2D eigenvalue weighted by molar-refractivity contribution is -0.145. The fourth-order valence-corrected chi connectivity index (χ4v) is 1.84. The average Bonchev–Trinajstić information content (AvgIpc) is 2.46. The molecule has 0 aromatic heterocycles. The molecule has 1 aromatic carbocycles. The molecule has 0 spiro atoms. The molecule has 0 aliphatic rings. The Kier molecular flexibility index (Phi) is 7.29. The number of carbonyl (C=O) groups is 2. The molecule has 5 heteroatoms. The molecular formula is C16H23NO4. The fraction of sp³-hybridized carbons (Fsp3) is 0.500. The van der Waals surface area contributed by atoms with Crippen molar-refractivity contribution in [3.8, 4) is 5.75 Å². The third kappa shape index (κ3) is 6.29. The molecule has 1 N–H and O–H groups in total. The molecule has 0 saturated carbocycles. The SMILES string of the molecule is CCCC(C)C(=O)Nc1cccc(OCC(=O)OCC)c1. The van der Waals surface area contributed by atoms with E-state index >= 15 is 0 Å². The Morgan fingerprint density at radius 2 is 2.05 bits per heavy atom. The van der Waals surface area contributed by atoms with Crippen LogP contribution in [0, 0.1) is 5.92 Å². The topological polar surface area (TPSA) is 64.6 Å². The van der Waals surface area contributed by atoms with Gasteiger partial charge in [-0.05, 0) is 25.5 Å². The molecule has 116 valence electrons. The Labute approximate surface area is 125 Å². The second-order valence-electron chi connectivity index (χ2n) is 4.80. The van der Waals surface area contributed by atoms with Crippen LogP contribution in [0.1, 0.15) is 33.6 Å². The Bertz CT molecular complexity index is 473. The molecule has 0 radical (unpaired) electrons. The Morgan fingerprint density at radius 3 is 2.71 bits per heavy atom. The van der Waals surface area contributed by atoms with Crippen LogP contribution < -0.4 is 10.1 Å². The first kappa shape index (κ1) is 17.0. The van der Waals surface area contributed by atoms with Crippen molar-refractivity contribution in [3.63, 3.8) is 0 Å². The number of hydrogen-bond acceptors (Lipinski definition) is 4. The van der Waals surface area contributed by atoms with Crippen LogP contribution in [0.4, 0.5) is 5.69 Å². The zero-order valence-electron chi connectivity index (χ0n) is 12.8. The summed E-state index contributed by atoms with van der Waals surface area (Å²) in [5.74, 6) is 0.0611. The second kappa shape index (κ2) is 9.00. The molecule has 1 rings (SSSR count). The maximum atomic E-state index is 11.9. The second-order valence-corrected chi connectivity index (χ2v) is 4.80. The number of amides is 1. The van der Waals surface area contributed by atoms with Crippen LogP contribution in [-0.4, -0.2) is 25.1 Å². The molecule has 1 atom stereocenters. The zero-order valence-corrected chi connectivity index (χ0v) is 12.8. The van der Waals surface area contributed by atoms with E-state index in [4.69, 9.17) is 9.47 Å². The van der Waals surface area contributed by atoms with Crippen LogP contribution in [0.3, 0.4) is 0 Å². The molecule has 0 aliphatic heterocycles. The van der Waals surface area contributed by atoms with Gasteiger partial charge in [-0.15, -0.1) is 0 Å². The quantitative estimate of drug-likeness (QED) is 0.748. The number of ether oxygens (including phenoxy) is 2. The van der Waals surface area contributed by atoms with Gasteiger partial charge < -0.3 is 14.8 Å². The monoisotopic (exact) mass is 293 g/mol. The first-order valence-corrected chi connectivity index (χ1v) is 7.26. The van der Waals surface area contributed by atoms with E-state index in [-0.39, 0.29) is 18.4 Å². The van der Waals surface area contributed by atoms with E-state index in [1.54, 1.807) is 31.2 Å². The summed E-state index contributed by atoms with van der Waals surface area (Å²) in [6, 6.07) is 6.97. The molecule has 5 nitrogen and oxygen atoms in total. The van der Waals surface area contributed by atoms with Gasteiger partial charge in [0.15, 0.2) is 6.61 Å². The number of esters is 1. The zero-order chi connectivity index (χ0) is 15.7. The number of hydrogen-bond donors (Lipinski definition) is 1. The largest absolute Gasteiger partial charge is 0.482 e. The van der Waals surface area contributed by atoms with Gasteiger partial charge in [0.25, 0.3) is 0 Å². The first-order chi connectivity index (χ1) is 10.1. The fourth-order valence-electron chi connectivity index (χ4n) is 1.84. The average molecular weight is 293 g/mol. The Hall–Kier alpha value is -2.04. The highest BCUT2D eigenvalue weighted by atomic mass is 16.6. The third-order valence-electron chi connectivity index (χ3n) is 2.93. The summed E-state index contributed by atoms with van der Waals surface area (Å²) >= 11 is 0. The van der Waals surface area contributed by atoms with Crippen LogP contribution in [0.5, 0.6) is 5.75 Å². The van der Waals surface area contributed by atoms with Crippen molar-refractivity contribution in [1.29, 1.82) is 0 Å². The molecule has 0 saturated heterocycles. The van der Waals surface area contributed by atoms with Crippen LogP contribution >= 0.6 is 0 Å². The predicted molar refractivity (Wildman–Crippen MR) is 81.3 cm³/mol. The highest BCUT2D eigenvalue weighted by molar-refractivity contribution is 5.92. The maximum absolute atomic E-state index is 11.9. The smallest absolute Gasteiger partial charge is 0.344 e. The van der Waals surface area contributed by atoms with Gasteiger partial charge in [0.05, 0.1) is 6.61 Å². The number of anilines is 1. The van der Waals surface area contributed by atoms with E-state index in [0.29, 0.717) is 18.0 Å². The lowest BCUT2D eigenvalue weighted by Crippen LogP contribution is -2.20. The normalized spacial score (nSPS) is 11.6. The minimum atomic E-state index is -0.413. The van der Waals surface area contributed by atoms with Crippen LogP contribution in [0.25, 0.3) is 0 Å². The standard InChI is InChI=1S/C16H23NO4/c1-4-7-12(3)16(19)17-13-8-6-9-14(10-13)21-11-15(18)20-5-2/h6,8-10,12H,4-5,7,11H2,1-3H3,(H,17,19). The lowest BCUT2D eigenvalue weighted by atomic mass is 10.1. The van der Waals surface area contributed by atoms with Crippen molar-refractivity contribution in [2.24, 2.45) is 5.92 Å². The summed E-state index contributed by atoms with van der Waals surface area (Å²) in [6.07, 6.45) is 1.82. The van der Waals surface area contributed by atoms with E-state index in [1.165, 1.54) is 0 Å². The summed E-state index contributed by atoms with van der Waals surface area (Å²) in [4.78, 5) is 23.2. The molecule has 1 unspecified atom stereocenters. The minimum Gasteiger partial charge on any atom is -0.482 e.